The highest BCUT2D eigenvalue weighted by Crippen LogP contribution is 2.34. The first-order chi connectivity index (χ1) is 16.5. The zero-order valence-corrected chi connectivity index (χ0v) is 20.6. The van der Waals surface area contributed by atoms with Crippen molar-refractivity contribution in [2.24, 2.45) is 5.41 Å². The number of hydrogen-bond donors (Lipinski definition) is 3. The molecule has 2 atom stereocenters. The van der Waals surface area contributed by atoms with Gasteiger partial charge in [0.05, 0.1) is 12.5 Å². The van der Waals surface area contributed by atoms with Crippen molar-refractivity contribution in [1.29, 1.82) is 0 Å². The normalized spacial score (nSPS) is 16.9. The second-order valence-corrected chi connectivity index (χ2v) is 10.4. The topological polar surface area (TPSA) is 81.7 Å². The van der Waals surface area contributed by atoms with E-state index >= 15 is 0 Å². The molecule has 2 aromatic carbocycles. The Morgan fingerprint density at radius 2 is 1.71 bits per heavy atom. The number of carbonyl (C=O) groups excluding carboxylic acids is 1. The molecule has 2 amide bonds. The van der Waals surface area contributed by atoms with Crippen LogP contribution in [0.4, 0.5) is 13.6 Å². The summed E-state index contributed by atoms with van der Waals surface area (Å²) < 4.78 is 26.9. The summed E-state index contributed by atoms with van der Waals surface area (Å²) in [6.07, 6.45) is 1.12. The molecule has 35 heavy (non-hydrogen) atoms. The van der Waals surface area contributed by atoms with Gasteiger partial charge in [-0.25, -0.2) is 13.6 Å². The zero-order chi connectivity index (χ0) is 25.6. The van der Waals surface area contributed by atoms with Crippen LogP contribution >= 0.6 is 0 Å². The number of amides is 2. The number of piperidine rings is 1. The molecule has 0 saturated carbocycles. The maximum absolute atomic E-state index is 13.9. The van der Waals surface area contributed by atoms with Gasteiger partial charge in [-0.05, 0) is 60.1 Å². The average Bonchev–Trinajstić information content (AvgIpc) is 2.78. The molecule has 8 heteroatoms. The monoisotopic (exact) mass is 487 g/mol. The Balaban J connectivity index is 1.62. The van der Waals surface area contributed by atoms with Crippen LogP contribution in [0.25, 0.3) is 0 Å². The summed E-state index contributed by atoms with van der Waals surface area (Å²) in [5, 5.41) is 15.1. The summed E-state index contributed by atoms with van der Waals surface area (Å²) in [6.45, 7) is 7.88. The Morgan fingerprint density at radius 1 is 1.06 bits per heavy atom. The molecule has 6 nitrogen and oxygen atoms in total. The van der Waals surface area contributed by atoms with Crippen LogP contribution in [0, 0.1) is 17.0 Å². The molecule has 190 valence electrons. The van der Waals surface area contributed by atoms with Crippen molar-refractivity contribution in [3.63, 3.8) is 0 Å². The molecule has 2 aromatic rings. The summed E-state index contributed by atoms with van der Waals surface area (Å²) in [5.74, 6) is -0.809. The molecule has 1 heterocycles. The van der Waals surface area contributed by atoms with Gasteiger partial charge < -0.3 is 15.7 Å². The van der Waals surface area contributed by atoms with Crippen molar-refractivity contribution in [2.75, 3.05) is 13.1 Å². The lowest BCUT2D eigenvalue weighted by atomic mass is 9.79. The van der Waals surface area contributed by atoms with E-state index in [4.69, 9.17) is 0 Å². The minimum atomic E-state index is -1.14. The Bertz CT molecular complexity index is 999. The first-order valence-electron chi connectivity index (χ1n) is 12.0. The molecule has 1 aliphatic heterocycles. The third kappa shape index (κ3) is 8.02. The Hall–Kier alpha value is -3.00. The smallest absolute Gasteiger partial charge is 0.405 e. The van der Waals surface area contributed by atoms with Crippen molar-refractivity contribution < 1.29 is 23.5 Å². The number of rotatable bonds is 8. The number of halogens is 2. The van der Waals surface area contributed by atoms with Crippen molar-refractivity contribution in [2.45, 2.75) is 64.6 Å². The van der Waals surface area contributed by atoms with E-state index in [0.29, 0.717) is 12.0 Å². The maximum atomic E-state index is 13.9. The quantitative estimate of drug-likeness (QED) is 0.495. The number of likely N-dealkylation sites (tertiary alicyclic amines) is 1. The Morgan fingerprint density at radius 3 is 2.29 bits per heavy atom. The predicted octanol–water partition coefficient (Wildman–Crippen LogP) is 4.90. The summed E-state index contributed by atoms with van der Waals surface area (Å²) in [7, 11) is 0. The van der Waals surface area contributed by atoms with Crippen molar-refractivity contribution in [1.82, 2.24) is 15.5 Å². The van der Waals surface area contributed by atoms with Gasteiger partial charge in [-0.1, -0.05) is 45.0 Å². The van der Waals surface area contributed by atoms with E-state index < -0.39 is 18.0 Å². The van der Waals surface area contributed by atoms with Gasteiger partial charge in [0.2, 0.25) is 5.91 Å². The maximum Gasteiger partial charge on any atom is 0.405 e. The number of benzene rings is 2. The van der Waals surface area contributed by atoms with Crippen molar-refractivity contribution in [3.05, 3.63) is 71.3 Å². The zero-order valence-electron chi connectivity index (χ0n) is 20.6. The highest BCUT2D eigenvalue weighted by atomic mass is 19.1. The van der Waals surface area contributed by atoms with Gasteiger partial charge in [-0.3, -0.25) is 9.69 Å². The van der Waals surface area contributed by atoms with Crippen LogP contribution in [-0.4, -0.2) is 47.2 Å². The second-order valence-electron chi connectivity index (χ2n) is 10.4. The highest BCUT2D eigenvalue weighted by molar-refractivity contribution is 5.78. The van der Waals surface area contributed by atoms with E-state index in [1.54, 1.807) is 24.3 Å². The van der Waals surface area contributed by atoms with E-state index in [1.807, 2.05) is 0 Å². The molecular formula is C27H35F2N3O3. The van der Waals surface area contributed by atoms with Crippen LogP contribution in [0.3, 0.4) is 0 Å². The van der Waals surface area contributed by atoms with E-state index in [0.717, 1.165) is 31.5 Å². The molecule has 0 aromatic heterocycles. The lowest BCUT2D eigenvalue weighted by molar-refractivity contribution is -0.121. The molecule has 1 aliphatic rings. The fourth-order valence-electron chi connectivity index (χ4n) is 4.85. The third-order valence-electron chi connectivity index (χ3n) is 6.62. The molecule has 1 saturated heterocycles. The van der Waals surface area contributed by atoms with Gasteiger partial charge >= 0.3 is 6.09 Å². The van der Waals surface area contributed by atoms with Crippen LogP contribution in [0.1, 0.15) is 57.2 Å². The first kappa shape index (κ1) is 26.6. The molecule has 0 bridgehead atoms. The highest BCUT2D eigenvalue weighted by Gasteiger charge is 2.35. The minimum absolute atomic E-state index is 0.0403. The lowest BCUT2D eigenvalue weighted by Gasteiger charge is -2.45. The van der Waals surface area contributed by atoms with Gasteiger partial charge in [0, 0.05) is 25.2 Å². The summed E-state index contributed by atoms with van der Waals surface area (Å²) in [5.41, 5.74) is 1.22. The van der Waals surface area contributed by atoms with Crippen molar-refractivity contribution >= 4 is 12.0 Å². The van der Waals surface area contributed by atoms with E-state index in [2.05, 4.69) is 36.3 Å². The average molecular weight is 488 g/mol. The van der Waals surface area contributed by atoms with E-state index in [-0.39, 0.29) is 35.6 Å². The SMILES string of the molecule is CC(C)(C)C(C[C@H](NC(=O)O)c1cccc(F)c1)N1CCC(NC(=O)Cc2ccc(F)cc2)CC1. The van der Waals surface area contributed by atoms with Gasteiger partial charge in [0.15, 0.2) is 0 Å². The van der Waals surface area contributed by atoms with Crippen LogP contribution in [-0.2, 0) is 11.2 Å². The van der Waals surface area contributed by atoms with Crippen molar-refractivity contribution in [3.8, 4) is 0 Å². The molecule has 1 fully saturated rings. The van der Waals surface area contributed by atoms with E-state index in [1.165, 1.54) is 24.3 Å². The fourth-order valence-corrected chi connectivity index (χ4v) is 4.85. The van der Waals surface area contributed by atoms with Gasteiger partial charge in [0.25, 0.3) is 0 Å². The Labute approximate surface area is 205 Å². The first-order valence-corrected chi connectivity index (χ1v) is 12.0. The number of nitrogens with one attached hydrogen (secondary N) is 2. The molecule has 0 aliphatic carbocycles. The summed E-state index contributed by atoms with van der Waals surface area (Å²) in [4.78, 5) is 26.3. The molecular weight excluding hydrogens is 452 g/mol. The summed E-state index contributed by atoms with van der Waals surface area (Å²) >= 11 is 0. The number of carbonyl (C=O) groups is 2. The number of nitrogens with zero attached hydrogens (tertiary/aromatic N) is 1. The second kappa shape index (κ2) is 11.6. The standard InChI is InChI=1S/C27H35F2N3O3/c1-27(2,3)24(17-23(31-26(34)35)19-5-4-6-21(29)16-19)32-13-11-22(12-14-32)30-25(33)15-18-7-9-20(28)10-8-18/h4-10,16,22-24,31H,11-15,17H2,1-3H3,(H,30,33)(H,34,35)/t23-,24?/m0/s1. The van der Waals surface area contributed by atoms with Crippen LogP contribution < -0.4 is 10.6 Å². The Kier molecular flexibility index (Phi) is 8.83. The number of carboxylic acid groups (broad SMARTS) is 1. The molecule has 0 radical (unpaired) electrons. The third-order valence-corrected chi connectivity index (χ3v) is 6.62. The van der Waals surface area contributed by atoms with Crippen LogP contribution in [0.15, 0.2) is 48.5 Å². The molecule has 3 N–H and O–H groups in total. The molecule has 0 spiro atoms. The fraction of sp³-hybridized carbons (Fsp3) is 0.481. The largest absolute Gasteiger partial charge is 0.465 e. The van der Waals surface area contributed by atoms with E-state index in [9.17, 15) is 23.5 Å². The van der Waals surface area contributed by atoms with Gasteiger partial charge in [-0.2, -0.15) is 0 Å². The molecule has 3 rings (SSSR count). The number of hydrogen-bond acceptors (Lipinski definition) is 3. The summed E-state index contributed by atoms with van der Waals surface area (Å²) in [6, 6.07) is 11.5. The van der Waals surface area contributed by atoms with Gasteiger partial charge in [0.1, 0.15) is 11.6 Å². The predicted molar refractivity (Wildman–Crippen MR) is 131 cm³/mol. The van der Waals surface area contributed by atoms with Crippen LogP contribution in [0.5, 0.6) is 0 Å². The van der Waals surface area contributed by atoms with Crippen LogP contribution in [0.2, 0.25) is 0 Å². The van der Waals surface area contributed by atoms with Gasteiger partial charge in [-0.15, -0.1) is 0 Å². The minimum Gasteiger partial charge on any atom is -0.465 e. The molecule has 1 unspecified atom stereocenters. The lowest BCUT2D eigenvalue weighted by Crippen LogP contribution is -2.52.